The van der Waals surface area contributed by atoms with Crippen molar-refractivity contribution >= 4 is 6.03 Å². The zero-order valence-corrected chi connectivity index (χ0v) is 9.91. The van der Waals surface area contributed by atoms with E-state index in [4.69, 9.17) is 4.74 Å². The molecule has 4 nitrogen and oxygen atoms in total. The number of nitrogens with one attached hydrogen (secondary N) is 2. The SMILES string of the molecule is COc1ccccc1CNC(=O)NC(C)C. The Morgan fingerprint density at radius 1 is 1.38 bits per heavy atom. The van der Waals surface area contributed by atoms with Gasteiger partial charge in [0.15, 0.2) is 0 Å². The van der Waals surface area contributed by atoms with Crippen molar-refractivity contribution in [3.63, 3.8) is 0 Å². The molecule has 0 bridgehead atoms. The number of ether oxygens (including phenoxy) is 1. The van der Waals surface area contributed by atoms with E-state index >= 15 is 0 Å². The normalized spacial score (nSPS) is 10.0. The second-order valence-corrected chi connectivity index (χ2v) is 3.79. The molecule has 0 heterocycles. The minimum absolute atomic E-state index is 0.137. The zero-order valence-electron chi connectivity index (χ0n) is 9.91. The Kier molecular flexibility index (Phi) is 4.64. The van der Waals surface area contributed by atoms with Gasteiger partial charge in [0.05, 0.1) is 7.11 Å². The molecular weight excluding hydrogens is 204 g/mol. The highest BCUT2D eigenvalue weighted by Crippen LogP contribution is 2.16. The van der Waals surface area contributed by atoms with Crippen LogP contribution in [0, 0.1) is 0 Å². The molecule has 0 unspecified atom stereocenters. The van der Waals surface area contributed by atoms with Gasteiger partial charge in [0.25, 0.3) is 0 Å². The minimum Gasteiger partial charge on any atom is -0.496 e. The number of hydrogen-bond donors (Lipinski definition) is 2. The van der Waals surface area contributed by atoms with E-state index in [1.165, 1.54) is 0 Å². The van der Waals surface area contributed by atoms with Gasteiger partial charge < -0.3 is 15.4 Å². The number of benzene rings is 1. The molecule has 0 atom stereocenters. The summed E-state index contributed by atoms with van der Waals surface area (Å²) in [6.45, 7) is 4.30. The summed E-state index contributed by atoms with van der Waals surface area (Å²) in [5, 5.41) is 5.53. The molecule has 0 spiro atoms. The van der Waals surface area contributed by atoms with Crippen molar-refractivity contribution in [2.45, 2.75) is 26.4 Å². The van der Waals surface area contributed by atoms with Gasteiger partial charge in [-0.15, -0.1) is 0 Å². The second-order valence-electron chi connectivity index (χ2n) is 3.79. The fraction of sp³-hybridized carbons (Fsp3) is 0.417. The van der Waals surface area contributed by atoms with E-state index in [1.807, 2.05) is 38.1 Å². The van der Waals surface area contributed by atoms with E-state index in [9.17, 15) is 4.79 Å². The van der Waals surface area contributed by atoms with Gasteiger partial charge >= 0.3 is 6.03 Å². The minimum atomic E-state index is -0.166. The Morgan fingerprint density at radius 2 is 2.06 bits per heavy atom. The van der Waals surface area contributed by atoms with Gasteiger partial charge in [-0.05, 0) is 19.9 Å². The first kappa shape index (κ1) is 12.4. The first-order valence-electron chi connectivity index (χ1n) is 5.29. The maximum atomic E-state index is 11.4. The molecular formula is C12H18N2O2. The average Bonchev–Trinajstić information content (AvgIpc) is 2.26. The number of carbonyl (C=O) groups is 1. The van der Waals surface area contributed by atoms with Crippen molar-refractivity contribution in [3.8, 4) is 5.75 Å². The summed E-state index contributed by atoms with van der Waals surface area (Å²) in [6, 6.07) is 7.58. The third-order valence-electron chi connectivity index (χ3n) is 2.05. The van der Waals surface area contributed by atoms with Crippen LogP contribution in [0.15, 0.2) is 24.3 Å². The third kappa shape index (κ3) is 3.81. The Labute approximate surface area is 96.0 Å². The summed E-state index contributed by atoms with van der Waals surface area (Å²) in [4.78, 5) is 11.4. The predicted octanol–water partition coefficient (Wildman–Crippen LogP) is 1.90. The van der Waals surface area contributed by atoms with E-state index < -0.39 is 0 Å². The highest BCUT2D eigenvalue weighted by atomic mass is 16.5. The fourth-order valence-electron chi connectivity index (χ4n) is 1.34. The van der Waals surface area contributed by atoms with Gasteiger partial charge in [-0.1, -0.05) is 18.2 Å². The smallest absolute Gasteiger partial charge is 0.315 e. The molecule has 0 aliphatic carbocycles. The Morgan fingerprint density at radius 3 is 2.69 bits per heavy atom. The van der Waals surface area contributed by atoms with Crippen molar-refractivity contribution in [2.75, 3.05) is 7.11 Å². The van der Waals surface area contributed by atoms with Crippen LogP contribution in [-0.2, 0) is 6.54 Å². The van der Waals surface area contributed by atoms with E-state index in [2.05, 4.69) is 10.6 Å². The number of para-hydroxylation sites is 1. The lowest BCUT2D eigenvalue weighted by atomic mass is 10.2. The van der Waals surface area contributed by atoms with E-state index in [0.717, 1.165) is 11.3 Å². The van der Waals surface area contributed by atoms with Crippen LogP contribution in [0.2, 0.25) is 0 Å². The first-order valence-corrected chi connectivity index (χ1v) is 5.29. The number of amides is 2. The van der Waals surface area contributed by atoms with Crippen LogP contribution in [0.25, 0.3) is 0 Å². The predicted molar refractivity (Wildman–Crippen MR) is 63.5 cm³/mol. The van der Waals surface area contributed by atoms with Crippen molar-refractivity contribution in [1.29, 1.82) is 0 Å². The largest absolute Gasteiger partial charge is 0.496 e. The van der Waals surface area contributed by atoms with Crippen LogP contribution in [0.3, 0.4) is 0 Å². The molecule has 0 aromatic heterocycles. The standard InChI is InChI=1S/C12H18N2O2/c1-9(2)14-12(15)13-8-10-6-4-5-7-11(10)16-3/h4-7,9H,8H2,1-3H3,(H2,13,14,15). The fourth-order valence-corrected chi connectivity index (χ4v) is 1.34. The second kappa shape index (κ2) is 6.00. The van der Waals surface area contributed by atoms with Gasteiger partial charge in [0.1, 0.15) is 5.75 Å². The van der Waals surface area contributed by atoms with Gasteiger partial charge in [-0.25, -0.2) is 4.79 Å². The number of carbonyl (C=O) groups excluding carboxylic acids is 1. The molecule has 88 valence electrons. The molecule has 1 rings (SSSR count). The molecule has 0 aliphatic heterocycles. The summed E-state index contributed by atoms with van der Waals surface area (Å²) in [7, 11) is 1.62. The first-order chi connectivity index (χ1) is 7.63. The van der Waals surface area contributed by atoms with Crippen LogP contribution in [0.1, 0.15) is 19.4 Å². The molecule has 2 N–H and O–H groups in total. The van der Waals surface area contributed by atoms with Gasteiger partial charge in [-0.3, -0.25) is 0 Å². The van der Waals surface area contributed by atoms with E-state index in [1.54, 1.807) is 7.11 Å². The van der Waals surface area contributed by atoms with Crippen molar-refractivity contribution in [3.05, 3.63) is 29.8 Å². The van der Waals surface area contributed by atoms with Crippen LogP contribution in [-0.4, -0.2) is 19.2 Å². The van der Waals surface area contributed by atoms with Crippen LogP contribution < -0.4 is 15.4 Å². The molecule has 2 amide bonds. The lowest BCUT2D eigenvalue weighted by molar-refractivity contribution is 0.238. The molecule has 16 heavy (non-hydrogen) atoms. The van der Waals surface area contributed by atoms with Gasteiger partial charge in [-0.2, -0.15) is 0 Å². The van der Waals surface area contributed by atoms with Crippen molar-refractivity contribution in [1.82, 2.24) is 10.6 Å². The number of methoxy groups -OCH3 is 1. The number of rotatable bonds is 4. The maximum absolute atomic E-state index is 11.4. The quantitative estimate of drug-likeness (QED) is 0.817. The zero-order chi connectivity index (χ0) is 12.0. The monoisotopic (exact) mass is 222 g/mol. The van der Waals surface area contributed by atoms with Gasteiger partial charge in [0.2, 0.25) is 0 Å². The molecule has 0 saturated carbocycles. The van der Waals surface area contributed by atoms with Gasteiger partial charge in [0, 0.05) is 18.2 Å². The number of hydrogen-bond acceptors (Lipinski definition) is 2. The van der Waals surface area contributed by atoms with E-state index in [-0.39, 0.29) is 12.1 Å². The summed E-state index contributed by atoms with van der Waals surface area (Å²) in [6.07, 6.45) is 0. The molecule has 0 aliphatic rings. The van der Waals surface area contributed by atoms with Crippen LogP contribution in [0.5, 0.6) is 5.75 Å². The molecule has 1 aromatic carbocycles. The van der Waals surface area contributed by atoms with Crippen LogP contribution >= 0.6 is 0 Å². The highest BCUT2D eigenvalue weighted by Gasteiger charge is 2.05. The molecule has 0 radical (unpaired) electrons. The highest BCUT2D eigenvalue weighted by molar-refractivity contribution is 5.74. The van der Waals surface area contributed by atoms with Crippen molar-refractivity contribution < 1.29 is 9.53 Å². The van der Waals surface area contributed by atoms with Crippen molar-refractivity contribution in [2.24, 2.45) is 0 Å². The summed E-state index contributed by atoms with van der Waals surface area (Å²) >= 11 is 0. The Hall–Kier alpha value is -1.71. The molecule has 0 saturated heterocycles. The molecule has 0 fully saturated rings. The Bertz CT molecular complexity index is 351. The van der Waals surface area contributed by atoms with E-state index in [0.29, 0.717) is 6.54 Å². The van der Waals surface area contributed by atoms with Crippen LogP contribution in [0.4, 0.5) is 4.79 Å². The molecule has 1 aromatic rings. The topological polar surface area (TPSA) is 50.4 Å². The Balaban J connectivity index is 2.51. The summed E-state index contributed by atoms with van der Waals surface area (Å²) in [5.41, 5.74) is 0.962. The third-order valence-corrected chi connectivity index (χ3v) is 2.05. The lowest BCUT2D eigenvalue weighted by Gasteiger charge is -2.12. The number of urea groups is 1. The maximum Gasteiger partial charge on any atom is 0.315 e. The lowest BCUT2D eigenvalue weighted by Crippen LogP contribution is -2.39. The average molecular weight is 222 g/mol. The molecule has 4 heteroatoms. The summed E-state index contributed by atoms with van der Waals surface area (Å²) in [5.74, 6) is 0.785. The summed E-state index contributed by atoms with van der Waals surface area (Å²) < 4.78 is 5.19.